The SMILES string of the molecule is CCC(C(=O)C(=CN(C)C)C(=O)Oc1ccccc1)N(C)C. The van der Waals surface area contributed by atoms with E-state index in [-0.39, 0.29) is 17.4 Å². The number of likely N-dealkylation sites (N-methyl/N-ethyl adjacent to an activating group) is 1. The summed E-state index contributed by atoms with van der Waals surface area (Å²) in [7, 11) is 7.17. The van der Waals surface area contributed by atoms with Gasteiger partial charge in [-0.25, -0.2) is 4.79 Å². The second-order valence-corrected chi connectivity index (χ2v) is 5.46. The summed E-state index contributed by atoms with van der Waals surface area (Å²) < 4.78 is 5.30. The van der Waals surface area contributed by atoms with E-state index < -0.39 is 5.97 Å². The van der Waals surface area contributed by atoms with Crippen molar-refractivity contribution in [2.75, 3.05) is 28.2 Å². The number of carbonyl (C=O) groups is 2. The fourth-order valence-electron chi connectivity index (χ4n) is 2.09. The molecule has 1 aromatic rings. The molecule has 0 N–H and O–H groups in total. The van der Waals surface area contributed by atoms with E-state index in [1.807, 2.05) is 32.0 Å². The quantitative estimate of drug-likeness (QED) is 0.253. The molecule has 1 rings (SSSR count). The molecule has 0 amide bonds. The molecule has 0 aliphatic rings. The van der Waals surface area contributed by atoms with Gasteiger partial charge >= 0.3 is 5.97 Å². The first kappa shape index (κ1) is 17.9. The summed E-state index contributed by atoms with van der Waals surface area (Å²) in [6.45, 7) is 1.92. The van der Waals surface area contributed by atoms with Gasteiger partial charge in [-0.3, -0.25) is 9.69 Å². The highest BCUT2D eigenvalue weighted by Gasteiger charge is 2.28. The topological polar surface area (TPSA) is 49.9 Å². The highest BCUT2D eigenvalue weighted by molar-refractivity contribution is 6.19. The number of para-hydroxylation sites is 1. The fraction of sp³-hybridized carbons (Fsp3) is 0.412. The molecule has 5 nitrogen and oxygen atoms in total. The molecular formula is C17H24N2O3. The van der Waals surface area contributed by atoms with Gasteiger partial charge in [0.15, 0.2) is 5.78 Å². The fourth-order valence-corrected chi connectivity index (χ4v) is 2.09. The first-order valence-electron chi connectivity index (χ1n) is 7.23. The average molecular weight is 304 g/mol. The summed E-state index contributed by atoms with van der Waals surface area (Å²) in [6.07, 6.45) is 2.13. The van der Waals surface area contributed by atoms with Crippen LogP contribution in [0.4, 0.5) is 0 Å². The zero-order valence-corrected chi connectivity index (χ0v) is 13.9. The summed E-state index contributed by atoms with van der Waals surface area (Å²) in [5.41, 5.74) is 0.0504. The second-order valence-electron chi connectivity index (χ2n) is 5.46. The molecule has 120 valence electrons. The van der Waals surface area contributed by atoms with E-state index in [2.05, 4.69) is 0 Å². The molecule has 0 aromatic heterocycles. The van der Waals surface area contributed by atoms with Gasteiger partial charge in [-0.2, -0.15) is 0 Å². The molecule has 1 unspecified atom stereocenters. The first-order chi connectivity index (χ1) is 10.4. The molecule has 22 heavy (non-hydrogen) atoms. The predicted molar refractivity (Wildman–Crippen MR) is 86.6 cm³/mol. The maximum Gasteiger partial charge on any atom is 0.348 e. The smallest absolute Gasteiger partial charge is 0.348 e. The van der Waals surface area contributed by atoms with Gasteiger partial charge in [-0.15, -0.1) is 0 Å². The number of ketones is 1. The molecule has 0 fully saturated rings. The molecule has 0 saturated heterocycles. The van der Waals surface area contributed by atoms with Crippen LogP contribution in [0, 0.1) is 0 Å². The molecule has 0 aliphatic heterocycles. The summed E-state index contributed by atoms with van der Waals surface area (Å²) >= 11 is 0. The number of esters is 1. The Morgan fingerprint density at radius 1 is 1.14 bits per heavy atom. The molecule has 0 bridgehead atoms. The van der Waals surface area contributed by atoms with Crippen molar-refractivity contribution in [3.8, 4) is 5.75 Å². The third-order valence-electron chi connectivity index (χ3n) is 3.14. The maximum absolute atomic E-state index is 12.6. The van der Waals surface area contributed by atoms with Gasteiger partial charge in [0.1, 0.15) is 11.3 Å². The molecule has 0 radical (unpaired) electrons. The van der Waals surface area contributed by atoms with Gasteiger partial charge in [0.2, 0.25) is 0 Å². The molecule has 5 heteroatoms. The Kier molecular flexibility index (Phi) is 6.79. The van der Waals surface area contributed by atoms with E-state index in [9.17, 15) is 9.59 Å². The van der Waals surface area contributed by atoms with Crippen molar-refractivity contribution < 1.29 is 14.3 Å². The van der Waals surface area contributed by atoms with Gasteiger partial charge in [-0.1, -0.05) is 25.1 Å². The minimum atomic E-state index is -0.634. The van der Waals surface area contributed by atoms with Gasteiger partial charge in [0.05, 0.1) is 6.04 Å². The summed E-state index contributed by atoms with van der Waals surface area (Å²) in [6, 6.07) is 8.38. The number of ether oxygens (including phenoxy) is 1. The lowest BCUT2D eigenvalue weighted by Crippen LogP contribution is -2.38. The molecule has 1 aromatic carbocycles. The lowest BCUT2D eigenvalue weighted by Gasteiger charge is -2.22. The van der Waals surface area contributed by atoms with E-state index >= 15 is 0 Å². The molecule has 0 saturated carbocycles. The number of hydrogen-bond donors (Lipinski definition) is 0. The number of carbonyl (C=O) groups excluding carboxylic acids is 2. The Bertz CT molecular complexity index is 536. The van der Waals surface area contributed by atoms with Gasteiger partial charge < -0.3 is 9.64 Å². The first-order valence-corrected chi connectivity index (χ1v) is 7.23. The third kappa shape index (κ3) is 5.00. The zero-order chi connectivity index (χ0) is 16.7. The number of benzene rings is 1. The van der Waals surface area contributed by atoms with Gasteiger partial charge in [0, 0.05) is 20.3 Å². The van der Waals surface area contributed by atoms with E-state index in [0.29, 0.717) is 12.2 Å². The summed E-state index contributed by atoms with van der Waals surface area (Å²) in [5.74, 6) is -0.449. The van der Waals surface area contributed by atoms with Crippen molar-refractivity contribution in [3.63, 3.8) is 0 Å². The van der Waals surface area contributed by atoms with E-state index in [1.165, 1.54) is 6.20 Å². The Hall–Kier alpha value is -2.14. The Morgan fingerprint density at radius 2 is 1.73 bits per heavy atom. The molecule has 0 spiro atoms. The molecule has 0 heterocycles. The number of hydrogen-bond acceptors (Lipinski definition) is 5. The zero-order valence-electron chi connectivity index (χ0n) is 13.9. The summed E-state index contributed by atoms with van der Waals surface area (Å²) in [5, 5.41) is 0. The Labute approximate surface area is 132 Å². The highest BCUT2D eigenvalue weighted by Crippen LogP contribution is 2.15. The van der Waals surface area contributed by atoms with Crippen LogP contribution >= 0.6 is 0 Å². The lowest BCUT2D eigenvalue weighted by molar-refractivity contribution is -0.133. The second kappa shape index (κ2) is 8.34. The minimum absolute atomic E-state index is 0.0504. The Balaban J connectivity index is 3.03. The number of nitrogens with zero attached hydrogens (tertiary/aromatic N) is 2. The lowest BCUT2D eigenvalue weighted by atomic mass is 10.0. The van der Waals surface area contributed by atoms with E-state index in [4.69, 9.17) is 4.74 Å². The number of Topliss-reactive ketones (excluding diaryl/α,β-unsaturated/α-hetero) is 1. The molecule has 0 aliphatic carbocycles. The van der Waals surface area contributed by atoms with Crippen molar-refractivity contribution in [2.24, 2.45) is 0 Å². The monoisotopic (exact) mass is 304 g/mol. The Morgan fingerprint density at radius 3 is 2.18 bits per heavy atom. The van der Waals surface area contributed by atoms with Crippen molar-refractivity contribution in [2.45, 2.75) is 19.4 Å². The van der Waals surface area contributed by atoms with Crippen LogP contribution in [-0.2, 0) is 9.59 Å². The third-order valence-corrected chi connectivity index (χ3v) is 3.14. The highest BCUT2D eigenvalue weighted by atomic mass is 16.5. The van der Waals surface area contributed by atoms with Crippen LogP contribution in [0.25, 0.3) is 0 Å². The van der Waals surface area contributed by atoms with Crippen molar-refractivity contribution in [3.05, 3.63) is 42.1 Å². The molecule has 1 atom stereocenters. The normalized spacial score (nSPS) is 12.9. The standard InChI is InChI=1S/C17H24N2O3/c1-6-15(19(4)5)16(20)14(12-18(2)3)17(21)22-13-10-8-7-9-11-13/h7-12,15H,6H2,1-5H3. The van der Waals surface area contributed by atoms with E-state index in [1.54, 1.807) is 43.3 Å². The van der Waals surface area contributed by atoms with Crippen LogP contribution in [-0.4, -0.2) is 55.8 Å². The van der Waals surface area contributed by atoms with Gasteiger partial charge in [0.25, 0.3) is 0 Å². The van der Waals surface area contributed by atoms with Crippen LogP contribution in [0.5, 0.6) is 5.75 Å². The van der Waals surface area contributed by atoms with Crippen LogP contribution in [0.3, 0.4) is 0 Å². The van der Waals surface area contributed by atoms with Crippen LogP contribution in [0.1, 0.15) is 13.3 Å². The number of rotatable bonds is 7. The van der Waals surface area contributed by atoms with Crippen LogP contribution in [0.2, 0.25) is 0 Å². The van der Waals surface area contributed by atoms with Crippen molar-refractivity contribution in [1.29, 1.82) is 0 Å². The maximum atomic E-state index is 12.6. The van der Waals surface area contributed by atoms with Crippen molar-refractivity contribution in [1.82, 2.24) is 9.80 Å². The predicted octanol–water partition coefficient (Wildman–Crippen LogP) is 1.95. The average Bonchev–Trinajstić information content (AvgIpc) is 2.45. The van der Waals surface area contributed by atoms with Gasteiger partial charge in [-0.05, 0) is 32.6 Å². The minimum Gasteiger partial charge on any atom is -0.423 e. The van der Waals surface area contributed by atoms with Crippen LogP contribution in [0.15, 0.2) is 42.1 Å². The van der Waals surface area contributed by atoms with Crippen LogP contribution < -0.4 is 4.74 Å². The molecular weight excluding hydrogens is 280 g/mol. The van der Waals surface area contributed by atoms with E-state index in [0.717, 1.165) is 0 Å². The van der Waals surface area contributed by atoms with Crippen molar-refractivity contribution >= 4 is 11.8 Å². The largest absolute Gasteiger partial charge is 0.423 e. The summed E-state index contributed by atoms with van der Waals surface area (Å²) in [4.78, 5) is 28.5.